The molecule has 0 aliphatic rings. The third-order valence-electron chi connectivity index (χ3n) is 2.65. The molecule has 5 heteroatoms. The van der Waals surface area contributed by atoms with Crippen molar-refractivity contribution in [2.75, 3.05) is 13.1 Å². The number of amides is 2. The van der Waals surface area contributed by atoms with Crippen molar-refractivity contribution in [3.8, 4) is 0 Å². The van der Waals surface area contributed by atoms with E-state index in [0.717, 1.165) is 12.8 Å². The van der Waals surface area contributed by atoms with Gasteiger partial charge < -0.3 is 15.7 Å². The van der Waals surface area contributed by atoms with Gasteiger partial charge in [0.1, 0.15) is 0 Å². The number of carboxylic acid groups (broad SMARTS) is 1. The Labute approximate surface area is 115 Å². The van der Waals surface area contributed by atoms with Crippen LogP contribution >= 0.6 is 0 Å². The van der Waals surface area contributed by atoms with Crippen LogP contribution in [-0.4, -0.2) is 30.2 Å². The monoisotopic (exact) mass is 270 g/mol. The van der Waals surface area contributed by atoms with E-state index in [-0.39, 0.29) is 18.4 Å². The number of allylic oxidation sites excluding steroid dienone is 1. The second kappa shape index (κ2) is 10.4. The lowest BCUT2D eigenvalue weighted by molar-refractivity contribution is -0.138. The van der Waals surface area contributed by atoms with Crippen LogP contribution in [0.2, 0.25) is 0 Å². The van der Waals surface area contributed by atoms with E-state index in [2.05, 4.69) is 10.6 Å². The highest BCUT2D eigenvalue weighted by Crippen LogP contribution is 2.14. The van der Waals surface area contributed by atoms with Gasteiger partial charge in [0, 0.05) is 19.5 Å². The number of carbonyl (C=O) groups is 2. The van der Waals surface area contributed by atoms with Crippen LogP contribution in [0.1, 0.15) is 40.0 Å². The van der Waals surface area contributed by atoms with E-state index in [1.807, 2.05) is 32.9 Å². The molecule has 110 valence electrons. The first-order valence-electron chi connectivity index (χ1n) is 6.80. The number of hydrogen-bond acceptors (Lipinski definition) is 2. The van der Waals surface area contributed by atoms with Gasteiger partial charge in [-0.2, -0.15) is 0 Å². The number of aliphatic carboxylic acids is 1. The number of hydrogen-bond donors (Lipinski definition) is 3. The zero-order valence-electron chi connectivity index (χ0n) is 12.1. The topological polar surface area (TPSA) is 78.4 Å². The minimum atomic E-state index is -0.819. The van der Waals surface area contributed by atoms with E-state index in [1.54, 1.807) is 0 Å². The first kappa shape index (κ1) is 17.5. The lowest BCUT2D eigenvalue weighted by Gasteiger charge is -2.17. The molecule has 5 nitrogen and oxygen atoms in total. The minimum Gasteiger partial charge on any atom is -0.481 e. The predicted molar refractivity (Wildman–Crippen MR) is 76.0 cm³/mol. The Morgan fingerprint density at radius 3 is 2.47 bits per heavy atom. The van der Waals surface area contributed by atoms with E-state index in [1.165, 1.54) is 0 Å². The van der Waals surface area contributed by atoms with Crippen molar-refractivity contribution in [1.29, 1.82) is 0 Å². The van der Waals surface area contributed by atoms with Gasteiger partial charge in [0.2, 0.25) is 0 Å². The number of urea groups is 1. The molecule has 0 rings (SSSR count). The van der Waals surface area contributed by atoms with E-state index in [9.17, 15) is 9.59 Å². The molecule has 0 aromatic carbocycles. The smallest absolute Gasteiger partial charge is 0.314 e. The second-order valence-corrected chi connectivity index (χ2v) is 5.09. The normalized spacial score (nSPS) is 12.6. The maximum atomic E-state index is 11.5. The van der Waals surface area contributed by atoms with Crippen LogP contribution in [0.5, 0.6) is 0 Å². The molecule has 0 radical (unpaired) electrons. The van der Waals surface area contributed by atoms with E-state index in [4.69, 9.17) is 5.11 Å². The maximum Gasteiger partial charge on any atom is 0.314 e. The number of carbonyl (C=O) groups excluding carboxylic acids is 1. The molecule has 0 aliphatic heterocycles. The van der Waals surface area contributed by atoms with Gasteiger partial charge in [0.05, 0.1) is 0 Å². The summed E-state index contributed by atoms with van der Waals surface area (Å²) in [6, 6.07) is -0.233. The molecule has 0 aliphatic carbocycles. The lowest BCUT2D eigenvalue weighted by Crippen LogP contribution is -2.39. The number of rotatable bonds is 9. The van der Waals surface area contributed by atoms with Crippen molar-refractivity contribution in [1.82, 2.24) is 10.6 Å². The molecule has 2 amide bonds. The quantitative estimate of drug-likeness (QED) is 0.444. The zero-order valence-corrected chi connectivity index (χ0v) is 12.1. The zero-order chi connectivity index (χ0) is 14.7. The van der Waals surface area contributed by atoms with Crippen LogP contribution in [0.15, 0.2) is 12.2 Å². The SMILES string of the molecule is C/C=C/CCNC(=O)NC[C@H](CC(=O)O)CC(C)C. The van der Waals surface area contributed by atoms with Crippen LogP contribution in [-0.2, 0) is 4.79 Å². The third-order valence-corrected chi connectivity index (χ3v) is 2.65. The standard InChI is InChI=1S/C14H26N2O3/c1-4-5-6-7-15-14(19)16-10-12(8-11(2)3)9-13(17)18/h4-5,11-12H,6-10H2,1-3H3,(H,17,18)(H2,15,16,19)/b5-4+/t12-/m0/s1. The van der Waals surface area contributed by atoms with Gasteiger partial charge in [-0.3, -0.25) is 4.79 Å². The summed E-state index contributed by atoms with van der Waals surface area (Å²) in [5.41, 5.74) is 0. The summed E-state index contributed by atoms with van der Waals surface area (Å²) >= 11 is 0. The summed E-state index contributed by atoms with van der Waals surface area (Å²) in [6.45, 7) is 7.02. The van der Waals surface area contributed by atoms with Crippen LogP contribution in [0.25, 0.3) is 0 Å². The molecule has 19 heavy (non-hydrogen) atoms. The highest BCUT2D eigenvalue weighted by Gasteiger charge is 2.15. The van der Waals surface area contributed by atoms with Gasteiger partial charge in [-0.15, -0.1) is 0 Å². The van der Waals surface area contributed by atoms with E-state index >= 15 is 0 Å². The van der Waals surface area contributed by atoms with Crippen molar-refractivity contribution in [3.63, 3.8) is 0 Å². The summed E-state index contributed by atoms with van der Waals surface area (Å²) < 4.78 is 0. The molecular formula is C14H26N2O3. The molecule has 1 atom stereocenters. The van der Waals surface area contributed by atoms with Crippen molar-refractivity contribution in [3.05, 3.63) is 12.2 Å². The summed E-state index contributed by atoms with van der Waals surface area (Å²) in [7, 11) is 0. The van der Waals surface area contributed by atoms with Gasteiger partial charge in [-0.1, -0.05) is 26.0 Å². The fourth-order valence-corrected chi connectivity index (χ4v) is 1.89. The Kier molecular flexibility index (Phi) is 9.57. The van der Waals surface area contributed by atoms with E-state index < -0.39 is 5.97 Å². The molecule has 0 aromatic heterocycles. The summed E-state index contributed by atoms with van der Waals surface area (Å²) in [5.74, 6) is -0.413. The van der Waals surface area contributed by atoms with E-state index in [0.29, 0.717) is 19.0 Å². The highest BCUT2D eigenvalue weighted by molar-refractivity contribution is 5.74. The molecule has 0 fully saturated rings. The first-order valence-corrected chi connectivity index (χ1v) is 6.80. The molecule has 0 bridgehead atoms. The maximum absolute atomic E-state index is 11.5. The molecule has 0 saturated heterocycles. The van der Waals surface area contributed by atoms with Crippen molar-refractivity contribution < 1.29 is 14.7 Å². The fourth-order valence-electron chi connectivity index (χ4n) is 1.89. The average Bonchev–Trinajstić information content (AvgIpc) is 2.30. The van der Waals surface area contributed by atoms with Crippen LogP contribution in [0, 0.1) is 11.8 Å². The molecule has 0 aromatic rings. The van der Waals surface area contributed by atoms with Crippen molar-refractivity contribution in [2.24, 2.45) is 11.8 Å². The summed E-state index contributed by atoms with van der Waals surface area (Å²) in [5, 5.41) is 14.3. The average molecular weight is 270 g/mol. The second-order valence-electron chi connectivity index (χ2n) is 5.09. The molecule has 0 heterocycles. The molecule has 0 saturated carbocycles. The van der Waals surface area contributed by atoms with Crippen LogP contribution in [0.4, 0.5) is 4.79 Å². The van der Waals surface area contributed by atoms with Crippen LogP contribution in [0.3, 0.4) is 0 Å². The number of carboxylic acids is 1. The Bertz CT molecular complexity index is 301. The Balaban J connectivity index is 3.94. The Morgan fingerprint density at radius 1 is 1.26 bits per heavy atom. The van der Waals surface area contributed by atoms with Crippen LogP contribution < -0.4 is 10.6 Å². The Hall–Kier alpha value is -1.52. The van der Waals surface area contributed by atoms with Crippen molar-refractivity contribution >= 4 is 12.0 Å². The summed E-state index contributed by atoms with van der Waals surface area (Å²) in [6.07, 6.45) is 5.61. The third kappa shape index (κ3) is 11.3. The minimum absolute atomic E-state index is 0.0150. The van der Waals surface area contributed by atoms with Gasteiger partial charge in [-0.25, -0.2) is 4.79 Å². The fraction of sp³-hybridized carbons (Fsp3) is 0.714. The van der Waals surface area contributed by atoms with Crippen molar-refractivity contribution in [2.45, 2.75) is 40.0 Å². The highest BCUT2D eigenvalue weighted by atomic mass is 16.4. The van der Waals surface area contributed by atoms with Gasteiger partial charge >= 0.3 is 12.0 Å². The number of nitrogens with one attached hydrogen (secondary N) is 2. The molecular weight excluding hydrogens is 244 g/mol. The van der Waals surface area contributed by atoms with Gasteiger partial charge in [0.25, 0.3) is 0 Å². The molecule has 0 spiro atoms. The first-order chi connectivity index (χ1) is 8.95. The Morgan fingerprint density at radius 2 is 1.95 bits per heavy atom. The lowest BCUT2D eigenvalue weighted by atomic mass is 9.94. The largest absolute Gasteiger partial charge is 0.481 e. The van der Waals surface area contributed by atoms with Gasteiger partial charge in [0.15, 0.2) is 0 Å². The predicted octanol–water partition coefficient (Wildman–Crippen LogP) is 2.39. The molecule has 0 unspecified atom stereocenters. The van der Waals surface area contributed by atoms with Gasteiger partial charge in [-0.05, 0) is 31.6 Å². The summed E-state index contributed by atoms with van der Waals surface area (Å²) in [4.78, 5) is 22.2. The molecule has 3 N–H and O–H groups in total.